The molecule has 0 saturated heterocycles. The average molecular weight is 389 g/mol. The first kappa shape index (κ1) is 17.4. The smallest absolute Gasteiger partial charge is 0.285 e. The Kier molecular flexibility index (Phi) is 4.01. The van der Waals surface area contributed by atoms with Gasteiger partial charge in [-0.1, -0.05) is 30.3 Å². The van der Waals surface area contributed by atoms with E-state index < -0.39 is 0 Å². The normalized spacial score (nSPS) is 14.0. The van der Waals surface area contributed by atoms with Crippen molar-refractivity contribution in [2.75, 3.05) is 13.1 Å². The molecule has 9 heteroatoms. The third-order valence-electron chi connectivity index (χ3n) is 5.11. The van der Waals surface area contributed by atoms with Crippen molar-refractivity contribution in [3.8, 4) is 11.4 Å². The number of amides is 1. The second kappa shape index (κ2) is 6.69. The Morgan fingerprint density at radius 3 is 2.79 bits per heavy atom. The number of aryl methyl sites for hydroxylation is 1. The lowest BCUT2D eigenvalue weighted by Gasteiger charge is -2.19. The van der Waals surface area contributed by atoms with Crippen LogP contribution in [-0.2, 0) is 13.0 Å². The highest BCUT2D eigenvalue weighted by Gasteiger charge is 2.24. The van der Waals surface area contributed by atoms with Crippen LogP contribution in [0.2, 0.25) is 0 Å². The number of aromatic nitrogens is 6. The van der Waals surface area contributed by atoms with Gasteiger partial charge in [0, 0.05) is 43.0 Å². The van der Waals surface area contributed by atoms with Crippen LogP contribution in [0.5, 0.6) is 0 Å². The first-order valence-corrected chi connectivity index (χ1v) is 9.46. The van der Waals surface area contributed by atoms with Crippen molar-refractivity contribution in [1.82, 2.24) is 34.3 Å². The van der Waals surface area contributed by atoms with Crippen LogP contribution in [0.3, 0.4) is 0 Å². The van der Waals surface area contributed by atoms with Crippen LogP contribution in [0.25, 0.3) is 17.0 Å². The van der Waals surface area contributed by atoms with Crippen molar-refractivity contribution in [3.05, 3.63) is 70.0 Å². The second-order valence-electron chi connectivity index (χ2n) is 7.09. The van der Waals surface area contributed by atoms with Gasteiger partial charge in [0.05, 0.1) is 6.54 Å². The Bertz CT molecular complexity index is 1240. The molecule has 0 saturated carbocycles. The van der Waals surface area contributed by atoms with Crippen LogP contribution in [0.1, 0.15) is 21.9 Å². The number of rotatable bonds is 2. The van der Waals surface area contributed by atoms with E-state index in [1.165, 1.54) is 10.7 Å². The fraction of sp³-hybridized carbons (Fsp3) is 0.250. The zero-order chi connectivity index (χ0) is 20.0. The molecule has 0 spiro atoms. The van der Waals surface area contributed by atoms with E-state index in [0.717, 1.165) is 17.1 Å². The van der Waals surface area contributed by atoms with Crippen LogP contribution in [-0.4, -0.2) is 53.3 Å². The second-order valence-corrected chi connectivity index (χ2v) is 7.09. The molecule has 5 rings (SSSR count). The molecule has 1 aromatic carbocycles. The molecule has 1 N–H and O–H groups in total. The highest BCUT2D eigenvalue weighted by Crippen LogP contribution is 2.17. The highest BCUT2D eigenvalue weighted by atomic mass is 16.2. The predicted molar refractivity (Wildman–Crippen MR) is 106 cm³/mol. The number of aromatic amines is 1. The van der Waals surface area contributed by atoms with E-state index in [-0.39, 0.29) is 17.0 Å². The van der Waals surface area contributed by atoms with Crippen LogP contribution >= 0.6 is 0 Å². The lowest BCUT2D eigenvalue weighted by molar-refractivity contribution is 0.0755. The quantitative estimate of drug-likeness (QED) is 0.557. The summed E-state index contributed by atoms with van der Waals surface area (Å²) in [5.41, 5.74) is 1.94. The Balaban J connectivity index is 1.38. The Morgan fingerprint density at radius 2 is 1.97 bits per heavy atom. The van der Waals surface area contributed by atoms with E-state index in [9.17, 15) is 9.59 Å². The molecule has 1 aliphatic rings. The zero-order valence-corrected chi connectivity index (χ0v) is 15.9. The summed E-state index contributed by atoms with van der Waals surface area (Å²) in [5, 5.41) is 7.51. The Morgan fingerprint density at radius 1 is 1.14 bits per heavy atom. The number of carbonyl (C=O) groups excluding carboxylic acids is 1. The molecular formula is C20H19N7O2. The average Bonchev–Trinajstić information content (AvgIpc) is 3.26. The van der Waals surface area contributed by atoms with Crippen molar-refractivity contribution in [2.45, 2.75) is 19.9 Å². The molecule has 4 heterocycles. The SMILES string of the molecule is Cc1cc2ncc(C(=O)N3CCc4nc(-c5ccccc5)nn4CC3)c(=O)n2[nH]1. The summed E-state index contributed by atoms with van der Waals surface area (Å²) < 4.78 is 3.15. The monoisotopic (exact) mass is 389 g/mol. The summed E-state index contributed by atoms with van der Waals surface area (Å²) >= 11 is 0. The van der Waals surface area contributed by atoms with Crippen molar-refractivity contribution >= 4 is 11.6 Å². The van der Waals surface area contributed by atoms with Gasteiger partial charge in [0.25, 0.3) is 11.5 Å². The maximum Gasteiger partial charge on any atom is 0.285 e. The summed E-state index contributed by atoms with van der Waals surface area (Å²) in [5.74, 6) is 1.21. The summed E-state index contributed by atoms with van der Waals surface area (Å²) in [6, 6.07) is 11.6. The standard InChI is InChI=1S/C20H19N7O2/c1-13-11-17-21-12-15(20(29)27(17)23-13)19(28)25-8-7-16-22-18(24-26(16)10-9-25)14-5-3-2-4-6-14/h2-6,11-12,23H,7-10H2,1H3. The molecule has 9 nitrogen and oxygen atoms in total. The molecule has 0 unspecified atom stereocenters. The van der Waals surface area contributed by atoms with Gasteiger partial charge < -0.3 is 4.90 Å². The van der Waals surface area contributed by atoms with Gasteiger partial charge in [-0.25, -0.2) is 19.2 Å². The highest BCUT2D eigenvalue weighted by molar-refractivity contribution is 5.93. The number of nitrogens with one attached hydrogen (secondary N) is 1. The number of fused-ring (bicyclic) bond motifs is 2. The van der Waals surface area contributed by atoms with Gasteiger partial charge >= 0.3 is 0 Å². The van der Waals surface area contributed by atoms with Crippen molar-refractivity contribution in [2.24, 2.45) is 0 Å². The third-order valence-corrected chi connectivity index (χ3v) is 5.11. The molecule has 0 radical (unpaired) electrons. The minimum atomic E-state index is -0.389. The fourth-order valence-corrected chi connectivity index (χ4v) is 3.61. The van der Waals surface area contributed by atoms with Crippen molar-refractivity contribution in [1.29, 1.82) is 0 Å². The van der Waals surface area contributed by atoms with E-state index >= 15 is 0 Å². The zero-order valence-electron chi connectivity index (χ0n) is 15.9. The third kappa shape index (κ3) is 3.00. The van der Waals surface area contributed by atoms with Gasteiger partial charge in [-0.3, -0.25) is 14.7 Å². The first-order chi connectivity index (χ1) is 14.1. The number of hydrogen-bond acceptors (Lipinski definition) is 5. The summed E-state index contributed by atoms with van der Waals surface area (Å²) in [4.78, 5) is 36.2. The fourth-order valence-electron chi connectivity index (χ4n) is 3.61. The van der Waals surface area contributed by atoms with Crippen molar-refractivity contribution in [3.63, 3.8) is 0 Å². The molecule has 1 amide bonds. The molecule has 0 atom stereocenters. The number of hydrogen-bond donors (Lipinski definition) is 1. The minimum Gasteiger partial charge on any atom is -0.336 e. The number of carbonyl (C=O) groups is 1. The van der Waals surface area contributed by atoms with E-state index in [1.807, 2.05) is 41.9 Å². The molecule has 1 aliphatic heterocycles. The van der Waals surface area contributed by atoms with E-state index in [0.29, 0.717) is 37.5 Å². The molecular weight excluding hydrogens is 370 g/mol. The number of H-pyrrole nitrogens is 1. The summed E-state index contributed by atoms with van der Waals surface area (Å²) in [6.45, 7) is 3.29. The molecule has 146 valence electrons. The Labute approximate surface area is 165 Å². The Hall–Kier alpha value is -3.75. The lowest BCUT2D eigenvalue weighted by atomic mass is 10.2. The first-order valence-electron chi connectivity index (χ1n) is 9.46. The minimum absolute atomic E-state index is 0.0572. The van der Waals surface area contributed by atoms with Crippen LogP contribution in [0, 0.1) is 6.92 Å². The molecule has 0 fully saturated rings. The molecule has 3 aromatic heterocycles. The van der Waals surface area contributed by atoms with Gasteiger partial charge in [0.2, 0.25) is 0 Å². The molecule has 0 bridgehead atoms. The molecule has 0 aliphatic carbocycles. The summed E-state index contributed by atoms with van der Waals surface area (Å²) in [7, 11) is 0. The van der Waals surface area contributed by atoms with E-state index in [1.54, 1.807) is 11.0 Å². The van der Waals surface area contributed by atoms with Crippen LogP contribution < -0.4 is 5.56 Å². The van der Waals surface area contributed by atoms with Gasteiger partial charge in [0.15, 0.2) is 11.5 Å². The largest absolute Gasteiger partial charge is 0.336 e. The molecule has 29 heavy (non-hydrogen) atoms. The predicted octanol–water partition coefficient (Wildman–Crippen LogP) is 1.29. The maximum atomic E-state index is 13.0. The van der Waals surface area contributed by atoms with E-state index in [2.05, 4.69) is 20.2 Å². The summed E-state index contributed by atoms with van der Waals surface area (Å²) in [6.07, 6.45) is 1.94. The topological polar surface area (TPSA) is 101 Å². The van der Waals surface area contributed by atoms with Gasteiger partial charge in [-0.2, -0.15) is 5.10 Å². The maximum absolute atomic E-state index is 13.0. The van der Waals surface area contributed by atoms with Gasteiger partial charge in [-0.15, -0.1) is 0 Å². The number of nitrogens with zero attached hydrogens (tertiary/aromatic N) is 6. The molecule has 4 aromatic rings. The van der Waals surface area contributed by atoms with Crippen molar-refractivity contribution < 1.29 is 4.79 Å². The van der Waals surface area contributed by atoms with Crippen LogP contribution in [0.15, 0.2) is 47.4 Å². The van der Waals surface area contributed by atoms with Gasteiger partial charge in [-0.05, 0) is 6.92 Å². The van der Waals surface area contributed by atoms with E-state index in [4.69, 9.17) is 0 Å². The number of benzene rings is 1. The lowest BCUT2D eigenvalue weighted by Crippen LogP contribution is -2.38. The van der Waals surface area contributed by atoms with Gasteiger partial charge in [0.1, 0.15) is 11.4 Å². The van der Waals surface area contributed by atoms with Crippen LogP contribution in [0.4, 0.5) is 0 Å².